The Morgan fingerprint density at radius 2 is 1.90 bits per heavy atom. The molecule has 0 amide bonds. The molecule has 0 saturated heterocycles. The molecule has 0 aromatic heterocycles. The van der Waals surface area contributed by atoms with Gasteiger partial charge in [-0.15, -0.1) is 0 Å². The van der Waals surface area contributed by atoms with E-state index in [0.29, 0.717) is 12.8 Å². The van der Waals surface area contributed by atoms with Crippen LogP contribution in [0.25, 0.3) is 0 Å². The van der Waals surface area contributed by atoms with Gasteiger partial charge in [0, 0.05) is 18.6 Å². The third-order valence-electron chi connectivity index (χ3n) is 4.06. The Kier molecular flexibility index (Phi) is 5.72. The Balaban J connectivity index is 3.05. The summed E-state index contributed by atoms with van der Waals surface area (Å²) in [5, 5.41) is 9.47. The highest BCUT2D eigenvalue weighted by Crippen LogP contribution is 2.26. The summed E-state index contributed by atoms with van der Waals surface area (Å²) in [7, 11) is -3.80. The number of nitrogen functional groups attached to an aromatic ring is 1. The molecule has 0 aliphatic carbocycles. The minimum absolute atomic E-state index is 0.0413. The molecule has 4 N–H and O–H groups in total. The minimum Gasteiger partial charge on any atom is -0.396 e. The standard InChI is InChI=1S/C14H23FN2O3S/c1-4-14(5-2,9-18)8-17-21(19,20)13-7-12(16)11(15)6-10(13)3/h6-7,17-18H,4-5,8-9,16H2,1-3H3. The maximum absolute atomic E-state index is 13.3. The number of hydrogen-bond donors (Lipinski definition) is 3. The van der Waals surface area contributed by atoms with E-state index >= 15 is 0 Å². The number of anilines is 1. The SMILES string of the molecule is CCC(CC)(CO)CNS(=O)(=O)c1cc(N)c(F)cc1C. The van der Waals surface area contributed by atoms with Gasteiger partial charge in [-0.05, 0) is 37.5 Å². The zero-order valence-corrected chi connectivity index (χ0v) is 13.4. The van der Waals surface area contributed by atoms with Crippen LogP contribution in [0.1, 0.15) is 32.3 Å². The molecule has 5 nitrogen and oxygen atoms in total. The van der Waals surface area contributed by atoms with Crippen LogP contribution in [0.3, 0.4) is 0 Å². The number of nitrogens with one attached hydrogen (secondary N) is 1. The molecule has 0 bridgehead atoms. The van der Waals surface area contributed by atoms with E-state index in [-0.39, 0.29) is 29.3 Å². The molecule has 7 heteroatoms. The highest BCUT2D eigenvalue weighted by Gasteiger charge is 2.28. The molecular formula is C14H23FN2O3S. The Morgan fingerprint density at radius 1 is 1.33 bits per heavy atom. The first kappa shape index (κ1) is 17.9. The average molecular weight is 318 g/mol. The summed E-state index contributed by atoms with van der Waals surface area (Å²) < 4.78 is 40.5. The highest BCUT2D eigenvalue weighted by atomic mass is 32.2. The number of nitrogens with two attached hydrogens (primary N) is 1. The van der Waals surface area contributed by atoms with Gasteiger partial charge in [0.15, 0.2) is 0 Å². The van der Waals surface area contributed by atoms with Crippen molar-refractivity contribution >= 4 is 15.7 Å². The zero-order chi connectivity index (χ0) is 16.3. The van der Waals surface area contributed by atoms with E-state index in [9.17, 15) is 17.9 Å². The second kappa shape index (κ2) is 6.72. The second-order valence-electron chi connectivity index (χ2n) is 5.33. The van der Waals surface area contributed by atoms with E-state index in [4.69, 9.17) is 5.73 Å². The number of halogens is 1. The Hall–Kier alpha value is -1.18. The van der Waals surface area contributed by atoms with Gasteiger partial charge in [-0.1, -0.05) is 13.8 Å². The van der Waals surface area contributed by atoms with Crippen molar-refractivity contribution in [1.82, 2.24) is 4.72 Å². The fourth-order valence-corrected chi connectivity index (χ4v) is 3.48. The van der Waals surface area contributed by atoms with Gasteiger partial charge in [-0.3, -0.25) is 0 Å². The predicted molar refractivity (Wildman–Crippen MR) is 80.8 cm³/mol. The molecular weight excluding hydrogens is 295 g/mol. The highest BCUT2D eigenvalue weighted by molar-refractivity contribution is 7.89. The molecule has 1 rings (SSSR count). The number of aliphatic hydroxyl groups excluding tert-OH is 1. The minimum atomic E-state index is -3.80. The number of rotatable bonds is 7. The molecule has 120 valence electrons. The van der Waals surface area contributed by atoms with Crippen molar-refractivity contribution in [2.45, 2.75) is 38.5 Å². The molecule has 0 unspecified atom stereocenters. The van der Waals surface area contributed by atoms with Crippen LogP contribution in [0.5, 0.6) is 0 Å². The molecule has 0 spiro atoms. The zero-order valence-electron chi connectivity index (χ0n) is 12.6. The largest absolute Gasteiger partial charge is 0.396 e. The molecule has 1 aromatic rings. The fraction of sp³-hybridized carbons (Fsp3) is 0.571. The lowest BCUT2D eigenvalue weighted by Gasteiger charge is -2.29. The van der Waals surface area contributed by atoms with E-state index in [2.05, 4.69) is 4.72 Å². The van der Waals surface area contributed by atoms with E-state index in [1.807, 2.05) is 13.8 Å². The Bertz CT molecular complexity index is 590. The number of sulfonamides is 1. The van der Waals surface area contributed by atoms with Crippen molar-refractivity contribution in [1.29, 1.82) is 0 Å². The number of aryl methyl sites for hydroxylation is 1. The molecule has 0 atom stereocenters. The van der Waals surface area contributed by atoms with Gasteiger partial charge >= 0.3 is 0 Å². The molecule has 0 aliphatic rings. The monoisotopic (exact) mass is 318 g/mol. The van der Waals surface area contributed by atoms with Crippen molar-refractivity contribution in [3.05, 3.63) is 23.5 Å². The third-order valence-corrected chi connectivity index (χ3v) is 5.60. The lowest BCUT2D eigenvalue weighted by atomic mass is 9.84. The molecule has 21 heavy (non-hydrogen) atoms. The van der Waals surface area contributed by atoms with Gasteiger partial charge < -0.3 is 10.8 Å². The molecule has 0 radical (unpaired) electrons. The van der Waals surface area contributed by atoms with Crippen molar-refractivity contribution in [2.75, 3.05) is 18.9 Å². The summed E-state index contributed by atoms with van der Waals surface area (Å²) in [6.45, 7) is 5.32. The topological polar surface area (TPSA) is 92.4 Å². The van der Waals surface area contributed by atoms with Crippen LogP contribution >= 0.6 is 0 Å². The molecule has 1 aromatic carbocycles. The van der Waals surface area contributed by atoms with Crippen LogP contribution in [0, 0.1) is 18.2 Å². The van der Waals surface area contributed by atoms with Crippen LogP contribution in [-0.2, 0) is 10.0 Å². The van der Waals surface area contributed by atoms with E-state index in [1.54, 1.807) is 0 Å². The summed E-state index contributed by atoms with van der Waals surface area (Å²) in [4.78, 5) is -0.0413. The maximum atomic E-state index is 13.3. The molecule has 0 heterocycles. The first-order valence-electron chi connectivity index (χ1n) is 6.87. The van der Waals surface area contributed by atoms with Crippen molar-refractivity contribution in [3.8, 4) is 0 Å². The summed E-state index contributed by atoms with van der Waals surface area (Å²) in [5.74, 6) is -0.640. The van der Waals surface area contributed by atoms with Gasteiger partial charge in [-0.25, -0.2) is 17.5 Å². The molecule has 0 fully saturated rings. The van der Waals surface area contributed by atoms with Crippen LogP contribution < -0.4 is 10.5 Å². The van der Waals surface area contributed by atoms with Crippen molar-refractivity contribution < 1.29 is 17.9 Å². The van der Waals surface area contributed by atoms with Gasteiger partial charge in [0.25, 0.3) is 0 Å². The van der Waals surface area contributed by atoms with Crippen molar-refractivity contribution in [3.63, 3.8) is 0 Å². The lowest BCUT2D eigenvalue weighted by Crippen LogP contribution is -2.39. The summed E-state index contributed by atoms with van der Waals surface area (Å²) in [5.41, 5.74) is 5.03. The smallest absolute Gasteiger partial charge is 0.240 e. The van der Waals surface area contributed by atoms with E-state index < -0.39 is 21.3 Å². The van der Waals surface area contributed by atoms with Gasteiger partial charge in [0.2, 0.25) is 10.0 Å². The van der Waals surface area contributed by atoms with Gasteiger partial charge in [-0.2, -0.15) is 0 Å². The van der Waals surface area contributed by atoms with E-state index in [1.165, 1.54) is 6.92 Å². The van der Waals surface area contributed by atoms with Gasteiger partial charge in [0.05, 0.1) is 10.6 Å². The Labute approximate surface area is 125 Å². The molecule has 0 saturated carbocycles. The second-order valence-corrected chi connectivity index (χ2v) is 7.06. The third kappa shape index (κ3) is 3.93. The Morgan fingerprint density at radius 3 is 2.38 bits per heavy atom. The maximum Gasteiger partial charge on any atom is 0.240 e. The van der Waals surface area contributed by atoms with E-state index in [0.717, 1.165) is 12.1 Å². The predicted octanol–water partition coefficient (Wildman–Crippen LogP) is 1.79. The first-order valence-corrected chi connectivity index (χ1v) is 8.36. The van der Waals surface area contributed by atoms with Gasteiger partial charge in [0.1, 0.15) is 5.82 Å². The number of hydrogen-bond acceptors (Lipinski definition) is 4. The number of benzene rings is 1. The summed E-state index contributed by atoms with van der Waals surface area (Å²) in [6.07, 6.45) is 1.29. The average Bonchev–Trinajstić information content (AvgIpc) is 2.45. The quantitative estimate of drug-likeness (QED) is 0.668. The lowest BCUT2D eigenvalue weighted by molar-refractivity contribution is 0.119. The first-order chi connectivity index (χ1) is 9.71. The van der Waals surface area contributed by atoms with Crippen LogP contribution in [0.2, 0.25) is 0 Å². The van der Waals surface area contributed by atoms with Crippen molar-refractivity contribution in [2.24, 2.45) is 5.41 Å². The van der Waals surface area contributed by atoms with Crippen LogP contribution in [0.4, 0.5) is 10.1 Å². The van der Waals surface area contributed by atoms with Crippen LogP contribution in [0.15, 0.2) is 17.0 Å². The van der Waals surface area contributed by atoms with Crippen LogP contribution in [-0.4, -0.2) is 26.7 Å². The summed E-state index contributed by atoms with van der Waals surface area (Å²) >= 11 is 0. The normalized spacial score (nSPS) is 12.6. The number of aliphatic hydroxyl groups is 1. The summed E-state index contributed by atoms with van der Waals surface area (Å²) in [6, 6.07) is 2.22. The molecule has 0 aliphatic heterocycles. The fourth-order valence-electron chi connectivity index (χ4n) is 2.06.